The van der Waals surface area contributed by atoms with Crippen LogP contribution in [0.15, 0.2) is 84.0 Å². The molecule has 1 aliphatic rings. The molecular formula is C26H21N3O4. The third-order valence-electron chi connectivity index (χ3n) is 5.35. The first-order valence-electron chi connectivity index (χ1n) is 10.3. The molecule has 33 heavy (non-hydrogen) atoms. The second-order valence-electron chi connectivity index (χ2n) is 7.41. The number of nitriles is 1. The van der Waals surface area contributed by atoms with E-state index >= 15 is 0 Å². The van der Waals surface area contributed by atoms with E-state index < -0.39 is 18.5 Å². The molecule has 1 aliphatic heterocycles. The lowest BCUT2D eigenvalue weighted by Gasteiger charge is -2.22. The number of carbonyl (C=O) groups is 2. The summed E-state index contributed by atoms with van der Waals surface area (Å²) in [5.41, 5.74) is 3.31. The molecule has 0 aliphatic carbocycles. The standard InChI is InChI=1S/C26H21N3O4/c1-32-22-13-11-20(12-14-22)24-15-23(19-5-3-2-4-6-19)28-29(24)25(30)17-33-26(31)21-9-7-18(16-27)8-10-21/h2-14,24H,15,17H2,1H3/t24-/m0/s1. The van der Waals surface area contributed by atoms with Gasteiger partial charge in [0, 0.05) is 6.42 Å². The monoisotopic (exact) mass is 439 g/mol. The van der Waals surface area contributed by atoms with E-state index in [1.54, 1.807) is 7.11 Å². The minimum atomic E-state index is -0.639. The Hall–Kier alpha value is -4.44. The summed E-state index contributed by atoms with van der Waals surface area (Å²) in [5, 5.41) is 14.8. The van der Waals surface area contributed by atoms with Gasteiger partial charge in [-0.1, -0.05) is 42.5 Å². The molecular weight excluding hydrogens is 418 g/mol. The molecule has 4 rings (SSSR count). The normalized spacial score (nSPS) is 14.8. The Balaban J connectivity index is 1.52. The molecule has 7 heteroatoms. The summed E-state index contributed by atoms with van der Waals surface area (Å²) in [5.74, 6) is -0.348. The van der Waals surface area contributed by atoms with Gasteiger partial charge in [0.1, 0.15) is 5.75 Å². The molecule has 0 spiro atoms. The smallest absolute Gasteiger partial charge is 0.338 e. The van der Waals surface area contributed by atoms with Gasteiger partial charge in [-0.25, -0.2) is 9.80 Å². The van der Waals surface area contributed by atoms with Gasteiger partial charge >= 0.3 is 5.97 Å². The van der Waals surface area contributed by atoms with Crippen LogP contribution in [0.25, 0.3) is 0 Å². The van der Waals surface area contributed by atoms with E-state index in [4.69, 9.17) is 14.7 Å². The lowest BCUT2D eigenvalue weighted by atomic mass is 9.98. The Bertz CT molecular complexity index is 1210. The first kappa shape index (κ1) is 21.8. The van der Waals surface area contributed by atoms with Crippen LogP contribution in [0.5, 0.6) is 5.75 Å². The molecule has 0 unspecified atom stereocenters. The zero-order valence-electron chi connectivity index (χ0n) is 18.0. The van der Waals surface area contributed by atoms with Gasteiger partial charge in [-0.15, -0.1) is 0 Å². The second-order valence-corrected chi connectivity index (χ2v) is 7.41. The van der Waals surface area contributed by atoms with Crippen LogP contribution in [-0.4, -0.2) is 36.3 Å². The summed E-state index contributed by atoms with van der Waals surface area (Å²) in [6.07, 6.45) is 0.533. The molecule has 0 saturated carbocycles. The lowest BCUT2D eigenvalue weighted by molar-refractivity contribution is -0.136. The minimum Gasteiger partial charge on any atom is -0.497 e. The van der Waals surface area contributed by atoms with E-state index in [-0.39, 0.29) is 11.6 Å². The first-order valence-corrected chi connectivity index (χ1v) is 10.3. The summed E-state index contributed by atoms with van der Waals surface area (Å²) in [6, 6.07) is 24.8. The number of benzene rings is 3. The third-order valence-corrected chi connectivity index (χ3v) is 5.35. The van der Waals surface area contributed by atoms with Crippen molar-refractivity contribution in [3.8, 4) is 11.8 Å². The maximum absolute atomic E-state index is 13.0. The number of rotatable bonds is 6. The summed E-state index contributed by atoms with van der Waals surface area (Å²) in [4.78, 5) is 25.4. The van der Waals surface area contributed by atoms with Crippen molar-refractivity contribution in [2.45, 2.75) is 12.5 Å². The third kappa shape index (κ3) is 4.91. The van der Waals surface area contributed by atoms with Crippen molar-refractivity contribution in [3.05, 3.63) is 101 Å². The van der Waals surface area contributed by atoms with E-state index in [1.165, 1.54) is 29.3 Å². The SMILES string of the molecule is COc1ccc([C@@H]2CC(c3ccccc3)=NN2C(=O)COC(=O)c2ccc(C#N)cc2)cc1. The number of amides is 1. The molecule has 0 bridgehead atoms. The molecule has 0 N–H and O–H groups in total. The van der Waals surface area contributed by atoms with Gasteiger partial charge in [-0.3, -0.25) is 4.79 Å². The molecule has 0 aromatic heterocycles. The largest absolute Gasteiger partial charge is 0.497 e. The molecule has 0 radical (unpaired) electrons. The summed E-state index contributed by atoms with van der Waals surface area (Å²) in [6.45, 7) is -0.447. The zero-order chi connectivity index (χ0) is 23.2. The fourth-order valence-corrected chi connectivity index (χ4v) is 3.59. The van der Waals surface area contributed by atoms with Gasteiger partial charge in [-0.05, 0) is 47.5 Å². The van der Waals surface area contributed by atoms with E-state index in [0.29, 0.717) is 12.0 Å². The molecule has 1 heterocycles. The van der Waals surface area contributed by atoms with E-state index in [9.17, 15) is 9.59 Å². The highest BCUT2D eigenvalue weighted by Gasteiger charge is 2.33. The number of hydrogen-bond acceptors (Lipinski definition) is 6. The average Bonchev–Trinajstić information content (AvgIpc) is 3.33. The fourth-order valence-electron chi connectivity index (χ4n) is 3.59. The van der Waals surface area contributed by atoms with Crippen molar-refractivity contribution in [1.82, 2.24) is 5.01 Å². The number of hydrogen-bond donors (Lipinski definition) is 0. The van der Waals surface area contributed by atoms with Crippen LogP contribution in [0.4, 0.5) is 0 Å². The number of esters is 1. The molecule has 1 amide bonds. The second kappa shape index (κ2) is 9.79. The van der Waals surface area contributed by atoms with Crippen molar-refractivity contribution in [2.24, 2.45) is 5.10 Å². The lowest BCUT2D eigenvalue weighted by Crippen LogP contribution is -2.31. The number of nitrogens with zero attached hydrogens (tertiary/aromatic N) is 3. The summed E-state index contributed by atoms with van der Waals surface area (Å²) in [7, 11) is 1.60. The van der Waals surface area contributed by atoms with Crippen LogP contribution in [-0.2, 0) is 9.53 Å². The van der Waals surface area contributed by atoms with Crippen LogP contribution in [0.1, 0.15) is 39.5 Å². The molecule has 1 atom stereocenters. The van der Waals surface area contributed by atoms with Gasteiger partial charge in [0.25, 0.3) is 5.91 Å². The number of methoxy groups -OCH3 is 1. The number of carbonyl (C=O) groups excluding carboxylic acids is 2. The van der Waals surface area contributed by atoms with Gasteiger partial charge in [0.05, 0.1) is 36.1 Å². The van der Waals surface area contributed by atoms with Gasteiger partial charge in [0.15, 0.2) is 6.61 Å². The Morgan fingerprint density at radius 3 is 2.36 bits per heavy atom. The van der Waals surface area contributed by atoms with Crippen molar-refractivity contribution in [1.29, 1.82) is 5.26 Å². The van der Waals surface area contributed by atoms with Gasteiger partial charge < -0.3 is 9.47 Å². The Labute approximate surface area is 191 Å². The van der Waals surface area contributed by atoms with Crippen LogP contribution in [0.2, 0.25) is 0 Å². The van der Waals surface area contributed by atoms with Gasteiger partial charge in [-0.2, -0.15) is 10.4 Å². The molecule has 3 aromatic rings. The molecule has 0 fully saturated rings. The maximum Gasteiger partial charge on any atom is 0.338 e. The Kier molecular flexibility index (Phi) is 6.46. The minimum absolute atomic E-state index is 0.267. The molecule has 7 nitrogen and oxygen atoms in total. The van der Waals surface area contributed by atoms with Gasteiger partial charge in [0.2, 0.25) is 0 Å². The topological polar surface area (TPSA) is 92.0 Å². The molecule has 3 aromatic carbocycles. The number of ether oxygens (including phenoxy) is 2. The summed E-state index contributed by atoms with van der Waals surface area (Å²) < 4.78 is 10.5. The molecule has 164 valence electrons. The Morgan fingerprint density at radius 1 is 1.03 bits per heavy atom. The highest BCUT2D eigenvalue weighted by molar-refractivity contribution is 6.03. The van der Waals surface area contributed by atoms with Crippen LogP contribution < -0.4 is 4.74 Å². The van der Waals surface area contributed by atoms with Crippen molar-refractivity contribution in [3.63, 3.8) is 0 Å². The zero-order valence-corrected chi connectivity index (χ0v) is 18.0. The van der Waals surface area contributed by atoms with Crippen molar-refractivity contribution >= 4 is 17.6 Å². The van der Waals surface area contributed by atoms with Crippen LogP contribution in [0.3, 0.4) is 0 Å². The van der Waals surface area contributed by atoms with Crippen LogP contribution in [0, 0.1) is 11.3 Å². The first-order chi connectivity index (χ1) is 16.1. The van der Waals surface area contributed by atoms with E-state index in [0.717, 1.165) is 22.6 Å². The van der Waals surface area contributed by atoms with Crippen molar-refractivity contribution < 1.29 is 19.1 Å². The fraction of sp³-hybridized carbons (Fsp3) is 0.154. The highest BCUT2D eigenvalue weighted by atomic mass is 16.5. The Morgan fingerprint density at radius 2 is 1.73 bits per heavy atom. The quantitative estimate of drug-likeness (QED) is 0.539. The van der Waals surface area contributed by atoms with E-state index in [2.05, 4.69) is 5.10 Å². The highest BCUT2D eigenvalue weighted by Crippen LogP contribution is 2.33. The number of hydrazone groups is 1. The van der Waals surface area contributed by atoms with Crippen molar-refractivity contribution in [2.75, 3.05) is 13.7 Å². The van der Waals surface area contributed by atoms with E-state index in [1.807, 2.05) is 60.7 Å². The predicted octanol–water partition coefficient (Wildman–Crippen LogP) is 4.10. The molecule has 0 saturated heterocycles. The average molecular weight is 439 g/mol. The van der Waals surface area contributed by atoms with Crippen LogP contribution >= 0.6 is 0 Å². The summed E-state index contributed by atoms with van der Waals surface area (Å²) >= 11 is 0. The predicted molar refractivity (Wildman–Crippen MR) is 122 cm³/mol. The maximum atomic E-state index is 13.0.